The highest BCUT2D eigenvalue weighted by molar-refractivity contribution is 5.79. The van der Waals surface area contributed by atoms with Gasteiger partial charge in [-0.25, -0.2) is 0 Å². The molecule has 3 aliphatic rings. The molecule has 0 amide bonds. The first-order valence-corrected chi connectivity index (χ1v) is 10.7. The molecule has 1 spiro atoms. The van der Waals surface area contributed by atoms with Crippen molar-refractivity contribution in [2.75, 3.05) is 37.6 Å². The Morgan fingerprint density at radius 2 is 1.66 bits per heavy atom. The van der Waals surface area contributed by atoms with E-state index in [1.54, 1.807) is 12.1 Å². The maximum Gasteiger partial charge on any atom is 0.416 e. The molecule has 2 heterocycles. The number of esters is 1. The van der Waals surface area contributed by atoms with Crippen molar-refractivity contribution in [1.82, 2.24) is 4.90 Å². The van der Waals surface area contributed by atoms with Crippen LogP contribution in [0.1, 0.15) is 50.5 Å². The minimum atomic E-state index is -4.29. The molecular formula is C22H29F3N2O2. The standard InChI is InChI=1S/C22H29F3N2O2/c23-22(24,25)17-4-6-18(7-5-17)27-14-12-26(13-15-27)11-8-19-16-21(20(28)29-19)9-2-1-3-10-21/h4-7,19H,1-3,8-16H2/t19-/m0/s1. The molecule has 0 bridgehead atoms. The highest BCUT2D eigenvalue weighted by Gasteiger charge is 2.48. The lowest BCUT2D eigenvalue weighted by molar-refractivity contribution is -0.150. The van der Waals surface area contributed by atoms with Crippen LogP contribution < -0.4 is 4.90 Å². The molecule has 1 aliphatic carbocycles. The largest absolute Gasteiger partial charge is 0.462 e. The zero-order valence-corrected chi connectivity index (χ0v) is 16.7. The zero-order valence-electron chi connectivity index (χ0n) is 16.7. The van der Waals surface area contributed by atoms with Gasteiger partial charge in [0.25, 0.3) is 0 Å². The lowest BCUT2D eigenvalue weighted by Gasteiger charge is -2.36. The predicted molar refractivity (Wildman–Crippen MR) is 105 cm³/mol. The van der Waals surface area contributed by atoms with Gasteiger partial charge in [0.15, 0.2) is 0 Å². The average Bonchev–Trinajstić information content (AvgIpc) is 3.01. The number of halogens is 3. The Hall–Kier alpha value is -1.76. The Balaban J connectivity index is 1.23. The highest BCUT2D eigenvalue weighted by atomic mass is 19.4. The molecule has 0 aromatic heterocycles. The van der Waals surface area contributed by atoms with E-state index in [0.29, 0.717) is 0 Å². The minimum absolute atomic E-state index is 0.0225. The number of cyclic esters (lactones) is 1. The Labute approximate surface area is 170 Å². The van der Waals surface area contributed by atoms with Gasteiger partial charge in [-0.05, 0) is 43.5 Å². The number of ether oxygens (including phenoxy) is 1. The summed E-state index contributed by atoms with van der Waals surface area (Å²) in [5.74, 6) is 0.0225. The Morgan fingerprint density at radius 3 is 2.28 bits per heavy atom. The van der Waals surface area contributed by atoms with Gasteiger partial charge >= 0.3 is 12.1 Å². The Kier molecular flexibility index (Phi) is 5.78. The summed E-state index contributed by atoms with van der Waals surface area (Å²) >= 11 is 0. The number of carbonyl (C=O) groups is 1. The van der Waals surface area contributed by atoms with Crippen molar-refractivity contribution in [3.8, 4) is 0 Å². The molecule has 0 radical (unpaired) electrons. The summed E-state index contributed by atoms with van der Waals surface area (Å²) in [7, 11) is 0. The van der Waals surface area contributed by atoms with E-state index in [4.69, 9.17) is 4.74 Å². The van der Waals surface area contributed by atoms with Crippen LogP contribution in [0.25, 0.3) is 0 Å². The first-order chi connectivity index (χ1) is 13.9. The lowest BCUT2D eigenvalue weighted by Crippen LogP contribution is -2.47. The van der Waals surface area contributed by atoms with E-state index in [9.17, 15) is 18.0 Å². The van der Waals surface area contributed by atoms with Crippen molar-refractivity contribution in [2.45, 2.75) is 57.2 Å². The van der Waals surface area contributed by atoms with Crippen LogP contribution in [0.15, 0.2) is 24.3 Å². The maximum absolute atomic E-state index is 12.7. The van der Waals surface area contributed by atoms with Crippen molar-refractivity contribution in [2.24, 2.45) is 5.41 Å². The molecule has 2 aliphatic heterocycles. The summed E-state index contributed by atoms with van der Waals surface area (Å²) in [4.78, 5) is 16.9. The Morgan fingerprint density at radius 1 is 1.00 bits per heavy atom. The number of benzene rings is 1. The monoisotopic (exact) mass is 410 g/mol. The fourth-order valence-electron chi connectivity index (χ4n) is 5.05. The van der Waals surface area contributed by atoms with Crippen LogP contribution in [0.2, 0.25) is 0 Å². The van der Waals surface area contributed by atoms with E-state index < -0.39 is 11.7 Å². The molecule has 1 saturated carbocycles. The topological polar surface area (TPSA) is 32.8 Å². The van der Waals surface area contributed by atoms with Crippen molar-refractivity contribution in [3.05, 3.63) is 29.8 Å². The van der Waals surface area contributed by atoms with E-state index in [-0.39, 0.29) is 17.5 Å². The summed E-state index contributed by atoms with van der Waals surface area (Å²) in [5, 5.41) is 0. The second-order valence-corrected chi connectivity index (χ2v) is 8.73. The molecule has 7 heteroatoms. The second kappa shape index (κ2) is 8.17. The van der Waals surface area contributed by atoms with Crippen LogP contribution in [0.3, 0.4) is 0 Å². The van der Waals surface area contributed by atoms with Gasteiger partial charge in [-0.1, -0.05) is 19.3 Å². The summed E-state index contributed by atoms with van der Waals surface area (Å²) in [6.07, 6.45) is 2.93. The quantitative estimate of drug-likeness (QED) is 0.685. The third kappa shape index (κ3) is 4.55. The number of hydrogen-bond donors (Lipinski definition) is 0. The van der Waals surface area contributed by atoms with Crippen molar-refractivity contribution in [1.29, 1.82) is 0 Å². The third-order valence-corrected chi connectivity index (χ3v) is 6.84. The normalized spacial score (nSPS) is 25.4. The molecule has 1 atom stereocenters. The fraction of sp³-hybridized carbons (Fsp3) is 0.682. The molecule has 2 saturated heterocycles. The van der Waals surface area contributed by atoms with Crippen LogP contribution in [-0.4, -0.2) is 49.7 Å². The van der Waals surface area contributed by atoms with Gasteiger partial charge in [0.2, 0.25) is 0 Å². The number of alkyl halides is 3. The van der Waals surface area contributed by atoms with Gasteiger partial charge in [-0.2, -0.15) is 13.2 Å². The van der Waals surface area contributed by atoms with Crippen LogP contribution in [0.4, 0.5) is 18.9 Å². The smallest absolute Gasteiger partial charge is 0.416 e. The van der Waals surface area contributed by atoms with Gasteiger partial charge in [0, 0.05) is 44.8 Å². The SMILES string of the molecule is O=C1O[C@@H](CCN2CCN(c3ccc(C(F)(F)F)cc3)CC2)CC12CCCCC2. The summed E-state index contributed by atoms with van der Waals surface area (Å²) in [5.41, 5.74) is 0.0211. The molecule has 0 unspecified atom stereocenters. The van der Waals surface area contributed by atoms with E-state index in [1.807, 2.05) is 0 Å². The number of anilines is 1. The number of hydrogen-bond acceptors (Lipinski definition) is 4. The van der Waals surface area contributed by atoms with Crippen LogP contribution >= 0.6 is 0 Å². The molecule has 4 rings (SSSR count). The molecule has 1 aromatic rings. The first-order valence-electron chi connectivity index (χ1n) is 10.7. The van der Waals surface area contributed by atoms with E-state index in [2.05, 4.69) is 9.80 Å². The summed E-state index contributed by atoms with van der Waals surface area (Å²) in [6, 6.07) is 5.41. The van der Waals surface area contributed by atoms with E-state index in [1.165, 1.54) is 6.42 Å². The molecule has 3 fully saturated rings. The molecular weight excluding hydrogens is 381 g/mol. The molecule has 4 nitrogen and oxygen atoms in total. The zero-order chi connectivity index (χ0) is 20.5. The van der Waals surface area contributed by atoms with E-state index >= 15 is 0 Å². The predicted octanol–water partition coefficient (Wildman–Crippen LogP) is 4.48. The molecule has 1 aromatic carbocycles. The molecule has 160 valence electrons. The van der Waals surface area contributed by atoms with Gasteiger partial charge in [0.1, 0.15) is 6.10 Å². The van der Waals surface area contributed by atoms with Crippen LogP contribution in [0.5, 0.6) is 0 Å². The Bertz CT molecular complexity index is 706. The second-order valence-electron chi connectivity index (χ2n) is 8.73. The van der Waals surface area contributed by atoms with Gasteiger partial charge in [-0.15, -0.1) is 0 Å². The molecule has 29 heavy (non-hydrogen) atoms. The number of piperazine rings is 1. The lowest BCUT2D eigenvalue weighted by atomic mass is 9.72. The van der Waals surface area contributed by atoms with Crippen LogP contribution in [0, 0.1) is 5.41 Å². The van der Waals surface area contributed by atoms with Gasteiger partial charge in [-0.3, -0.25) is 9.69 Å². The van der Waals surface area contributed by atoms with E-state index in [0.717, 1.165) is 89.1 Å². The fourth-order valence-corrected chi connectivity index (χ4v) is 5.05. The van der Waals surface area contributed by atoms with Crippen molar-refractivity contribution in [3.63, 3.8) is 0 Å². The summed E-state index contributed by atoms with van der Waals surface area (Å²) < 4.78 is 43.9. The number of nitrogens with zero attached hydrogens (tertiary/aromatic N) is 2. The first kappa shape index (κ1) is 20.5. The summed E-state index contributed by atoms with van der Waals surface area (Å²) in [6.45, 7) is 4.22. The number of carbonyl (C=O) groups excluding carboxylic acids is 1. The van der Waals surface area contributed by atoms with Gasteiger partial charge in [0.05, 0.1) is 11.0 Å². The minimum Gasteiger partial charge on any atom is -0.462 e. The van der Waals surface area contributed by atoms with Gasteiger partial charge < -0.3 is 9.64 Å². The number of rotatable bonds is 4. The van der Waals surface area contributed by atoms with Crippen molar-refractivity contribution < 1.29 is 22.7 Å². The maximum atomic E-state index is 12.7. The van der Waals surface area contributed by atoms with Crippen molar-refractivity contribution >= 4 is 11.7 Å². The average molecular weight is 410 g/mol. The highest BCUT2D eigenvalue weighted by Crippen LogP contribution is 2.46. The van der Waals surface area contributed by atoms with Crippen LogP contribution in [-0.2, 0) is 15.7 Å². The molecule has 0 N–H and O–H groups in total. The third-order valence-electron chi connectivity index (χ3n) is 6.84.